The second-order valence-corrected chi connectivity index (χ2v) is 4.00. The third-order valence-corrected chi connectivity index (χ3v) is 2.76. The van der Waals surface area contributed by atoms with Gasteiger partial charge in [-0.2, -0.15) is 4.99 Å². The number of aromatic nitrogens is 1. The fourth-order valence-electron chi connectivity index (χ4n) is 1.51. The van der Waals surface area contributed by atoms with Gasteiger partial charge >= 0.3 is 0 Å². The van der Waals surface area contributed by atoms with Crippen LogP contribution in [-0.4, -0.2) is 29.0 Å². The molecule has 0 saturated carbocycles. The van der Waals surface area contributed by atoms with E-state index in [0.29, 0.717) is 15.9 Å². The highest BCUT2D eigenvalue weighted by Crippen LogP contribution is 2.30. The molecule has 0 unspecified atom stereocenters. The van der Waals surface area contributed by atoms with Gasteiger partial charge in [0, 0.05) is 12.4 Å². The van der Waals surface area contributed by atoms with E-state index in [1.54, 1.807) is 13.1 Å². The van der Waals surface area contributed by atoms with E-state index in [1.165, 1.54) is 12.1 Å². The average molecular weight is 303 g/mol. The first-order valence-corrected chi connectivity index (χ1v) is 5.47. The molecule has 8 heteroatoms. The van der Waals surface area contributed by atoms with E-state index in [0.717, 1.165) is 0 Å². The van der Waals surface area contributed by atoms with E-state index in [4.69, 9.17) is 17.3 Å². The zero-order valence-electron chi connectivity index (χ0n) is 9.90. The number of carbonyl (C=O) groups excluding carboxylic acids is 1. The van der Waals surface area contributed by atoms with Gasteiger partial charge in [0.1, 0.15) is 11.4 Å². The van der Waals surface area contributed by atoms with Gasteiger partial charge in [0.05, 0.1) is 10.5 Å². The van der Waals surface area contributed by atoms with E-state index in [1.807, 2.05) is 0 Å². The maximum Gasteiger partial charge on any atom is 0.296 e. The monoisotopic (exact) mass is 302 g/mol. The fourth-order valence-corrected chi connectivity index (χ4v) is 1.72. The standard InChI is InChI=1S/C11H11ClN4O2.ClH/c1-14-11(13)16-10(18)7-4-5-6(12)2-3-8(17)9(5)15-7;/h2-4,15,17H,1H3,(H3,13,14,16,18);1H. The predicted octanol–water partition coefficient (Wildman–Crippen LogP) is 1.62. The Morgan fingerprint density at radius 1 is 1.53 bits per heavy atom. The number of halogens is 2. The number of amides is 1. The van der Waals surface area contributed by atoms with Crippen LogP contribution in [0.1, 0.15) is 10.5 Å². The van der Waals surface area contributed by atoms with Gasteiger partial charge < -0.3 is 21.1 Å². The Hall–Kier alpha value is -1.92. The molecule has 2 aromatic rings. The molecule has 0 aliphatic rings. The van der Waals surface area contributed by atoms with Crippen LogP contribution in [0.4, 0.5) is 0 Å². The second kappa shape index (κ2) is 5.81. The van der Waals surface area contributed by atoms with Crippen molar-refractivity contribution in [2.24, 2.45) is 10.7 Å². The lowest BCUT2D eigenvalue weighted by atomic mass is 10.2. The van der Waals surface area contributed by atoms with Gasteiger partial charge in [0.25, 0.3) is 5.91 Å². The summed E-state index contributed by atoms with van der Waals surface area (Å²) in [6.07, 6.45) is 0. The number of H-pyrrole nitrogens is 1. The Kier molecular flexibility index (Phi) is 4.63. The summed E-state index contributed by atoms with van der Waals surface area (Å²) in [7, 11) is 1.56. The van der Waals surface area contributed by atoms with Crippen molar-refractivity contribution in [2.45, 2.75) is 0 Å². The molecule has 0 atom stereocenters. The lowest BCUT2D eigenvalue weighted by Crippen LogP contribution is -2.28. The van der Waals surface area contributed by atoms with Gasteiger partial charge in [0.15, 0.2) is 5.96 Å². The number of carbonyl (C=O) groups is 1. The van der Waals surface area contributed by atoms with Crippen molar-refractivity contribution in [2.75, 3.05) is 7.05 Å². The van der Waals surface area contributed by atoms with E-state index in [2.05, 4.69) is 15.3 Å². The topological polar surface area (TPSA) is 104 Å². The van der Waals surface area contributed by atoms with E-state index in [-0.39, 0.29) is 29.8 Å². The number of guanidine groups is 1. The molecular weight excluding hydrogens is 291 g/mol. The van der Waals surface area contributed by atoms with Crippen LogP contribution in [0.2, 0.25) is 5.02 Å². The van der Waals surface area contributed by atoms with Crippen molar-refractivity contribution in [3.05, 3.63) is 28.9 Å². The van der Waals surface area contributed by atoms with Crippen molar-refractivity contribution < 1.29 is 9.90 Å². The van der Waals surface area contributed by atoms with Gasteiger partial charge in [-0.3, -0.25) is 4.79 Å². The number of nitrogens with zero attached hydrogens (tertiary/aromatic N) is 1. The van der Waals surface area contributed by atoms with Crippen LogP contribution in [0.25, 0.3) is 10.9 Å². The van der Waals surface area contributed by atoms with Crippen molar-refractivity contribution in [3.8, 4) is 5.75 Å². The quantitative estimate of drug-likeness (QED) is 0.475. The Bertz CT molecular complexity index is 612. The summed E-state index contributed by atoms with van der Waals surface area (Å²) in [6, 6.07) is 4.51. The lowest BCUT2D eigenvalue weighted by Gasteiger charge is -1.96. The summed E-state index contributed by atoms with van der Waals surface area (Å²) >= 11 is 5.96. The van der Waals surface area contributed by atoms with E-state index < -0.39 is 5.91 Å². The summed E-state index contributed by atoms with van der Waals surface area (Å²) in [4.78, 5) is 18.1. The molecule has 0 bridgehead atoms. The Morgan fingerprint density at radius 3 is 2.79 bits per heavy atom. The Labute approximate surface area is 120 Å². The molecule has 2 rings (SSSR count). The molecule has 1 aromatic heterocycles. The van der Waals surface area contributed by atoms with Crippen molar-refractivity contribution in [1.82, 2.24) is 10.3 Å². The number of nitrogens with two attached hydrogens (primary N) is 1. The molecule has 0 radical (unpaired) electrons. The van der Waals surface area contributed by atoms with Gasteiger partial charge in [0.2, 0.25) is 0 Å². The molecule has 6 nitrogen and oxygen atoms in total. The number of fused-ring (bicyclic) bond motifs is 1. The van der Waals surface area contributed by atoms with Crippen LogP contribution in [0.15, 0.2) is 23.2 Å². The van der Waals surface area contributed by atoms with Crippen LogP contribution >= 0.6 is 24.0 Å². The molecule has 0 spiro atoms. The van der Waals surface area contributed by atoms with Crippen molar-refractivity contribution in [1.29, 1.82) is 0 Å². The first kappa shape index (κ1) is 15.1. The SMILES string of the molecule is CNC(N)=NC(=O)c1cc2c(Cl)ccc(O)c2[nH]1.Cl. The summed E-state index contributed by atoms with van der Waals surface area (Å²) in [6.45, 7) is 0. The molecule has 19 heavy (non-hydrogen) atoms. The number of rotatable bonds is 1. The normalized spacial score (nSPS) is 11.2. The number of aromatic hydroxyl groups is 1. The molecule has 1 aromatic carbocycles. The summed E-state index contributed by atoms with van der Waals surface area (Å²) < 4.78 is 0. The average Bonchev–Trinajstić information content (AvgIpc) is 2.80. The number of hydrogen-bond acceptors (Lipinski definition) is 2. The summed E-state index contributed by atoms with van der Waals surface area (Å²) in [5.41, 5.74) is 5.99. The summed E-state index contributed by atoms with van der Waals surface area (Å²) in [5.74, 6) is -0.526. The lowest BCUT2D eigenvalue weighted by molar-refractivity contribution is 0.0998. The highest BCUT2D eigenvalue weighted by atomic mass is 35.5. The third-order valence-electron chi connectivity index (χ3n) is 2.43. The third kappa shape index (κ3) is 2.91. The van der Waals surface area contributed by atoms with E-state index in [9.17, 15) is 9.90 Å². The zero-order chi connectivity index (χ0) is 13.3. The summed E-state index contributed by atoms with van der Waals surface area (Å²) in [5, 5.41) is 13.2. The number of phenols is 1. The highest BCUT2D eigenvalue weighted by molar-refractivity contribution is 6.35. The molecule has 0 aliphatic heterocycles. The smallest absolute Gasteiger partial charge is 0.296 e. The number of aliphatic imine (C=N–C) groups is 1. The number of nitrogens with one attached hydrogen (secondary N) is 2. The van der Waals surface area contributed by atoms with Crippen LogP contribution in [0.5, 0.6) is 5.75 Å². The minimum atomic E-state index is -0.548. The van der Waals surface area contributed by atoms with Gasteiger partial charge in [-0.1, -0.05) is 11.6 Å². The fraction of sp³-hybridized carbons (Fsp3) is 0.0909. The second-order valence-electron chi connectivity index (χ2n) is 3.59. The Morgan fingerprint density at radius 2 is 2.21 bits per heavy atom. The molecule has 1 heterocycles. The van der Waals surface area contributed by atoms with Crippen LogP contribution < -0.4 is 11.1 Å². The molecule has 0 aliphatic carbocycles. The van der Waals surface area contributed by atoms with Crippen LogP contribution in [0.3, 0.4) is 0 Å². The molecule has 0 fully saturated rings. The maximum absolute atomic E-state index is 11.7. The molecular formula is C11H12Cl2N4O2. The van der Waals surface area contributed by atoms with Gasteiger partial charge in [-0.05, 0) is 18.2 Å². The number of aromatic amines is 1. The number of benzene rings is 1. The number of hydrogen-bond donors (Lipinski definition) is 4. The van der Waals surface area contributed by atoms with E-state index >= 15 is 0 Å². The van der Waals surface area contributed by atoms with Crippen molar-refractivity contribution in [3.63, 3.8) is 0 Å². The Balaban J connectivity index is 0.00000180. The maximum atomic E-state index is 11.7. The minimum Gasteiger partial charge on any atom is -0.506 e. The van der Waals surface area contributed by atoms with Crippen molar-refractivity contribution >= 4 is 46.8 Å². The molecule has 102 valence electrons. The zero-order valence-corrected chi connectivity index (χ0v) is 11.5. The van der Waals surface area contributed by atoms with Gasteiger partial charge in [-0.15, -0.1) is 12.4 Å². The first-order valence-electron chi connectivity index (χ1n) is 5.09. The minimum absolute atomic E-state index is 0. The first-order chi connectivity index (χ1) is 8.52. The largest absolute Gasteiger partial charge is 0.506 e. The molecule has 5 N–H and O–H groups in total. The molecule has 1 amide bonds. The van der Waals surface area contributed by atoms with Gasteiger partial charge in [-0.25, -0.2) is 0 Å². The molecule has 0 saturated heterocycles. The highest BCUT2D eigenvalue weighted by Gasteiger charge is 2.13. The van der Waals surface area contributed by atoms with Crippen LogP contribution in [0, 0.1) is 0 Å². The van der Waals surface area contributed by atoms with Crippen LogP contribution in [-0.2, 0) is 0 Å². The number of phenolic OH excluding ortho intramolecular Hbond substituents is 1. The predicted molar refractivity (Wildman–Crippen MR) is 77.2 cm³/mol.